The Morgan fingerprint density at radius 1 is 1.39 bits per heavy atom. The lowest BCUT2D eigenvalue weighted by molar-refractivity contribution is -0.145. The van der Waals surface area contributed by atoms with Crippen molar-refractivity contribution in [2.45, 2.75) is 20.3 Å². The quantitative estimate of drug-likeness (QED) is 0.562. The van der Waals surface area contributed by atoms with E-state index in [2.05, 4.69) is 13.2 Å². The molecule has 0 fully saturated rings. The third-order valence-corrected chi connectivity index (χ3v) is 2.82. The SMILES string of the molecule is C=CCC(C(=C)c1ccc(C)cc1)C(=O)OCC. The van der Waals surface area contributed by atoms with Gasteiger partial charge in [0.05, 0.1) is 12.5 Å². The Bertz CT molecular complexity index is 429. The highest BCUT2D eigenvalue weighted by Gasteiger charge is 2.22. The first-order chi connectivity index (χ1) is 8.60. The van der Waals surface area contributed by atoms with Crippen molar-refractivity contribution in [2.24, 2.45) is 5.92 Å². The van der Waals surface area contributed by atoms with Gasteiger partial charge in [-0.3, -0.25) is 4.79 Å². The topological polar surface area (TPSA) is 26.3 Å². The van der Waals surface area contributed by atoms with Gasteiger partial charge >= 0.3 is 5.97 Å². The number of ether oxygens (including phenoxy) is 1. The maximum absolute atomic E-state index is 11.9. The smallest absolute Gasteiger partial charge is 0.313 e. The van der Waals surface area contributed by atoms with Crippen LogP contribution in [0.1, 0.15) is 24.5 Å². The van der Waals surface area contributed by atoms with Crippen LogP contribution in [0.5, 0.6) is 0 Å². The van der Waals surface area contributed by atoms with Gasteiger partial charge in [-0.25, -0.2) is 0 Å². The maximum atomic E-state index is 11.9. The summed E-state index contributed by atoms with van der Waals surface area (Å²) in [4.78, 5) is 11.9. The van der Waals surface area contributed by atoms with Crippen molar-refractivity contribution in [3.63, 3.8) is 0 Å². The first kappa shape index (κ1) is 14.2. The Labute approximate surface area is 109 Å². The Hall–Kier alpha value is -1.83. The molecule has 0 bridgehead atoms. The molecular formula is C16H20O2. The van der Waals surface area contributed by atoms with Crippen LogP contribution < -0.4 is 0 Å². The standard InChI is InChI=1S/C16H20O2/c1-5-7-15(16(17)18-6-2)13(4)14-10-8-12(3)9-11-14/h5,8-11,15H,1,4,6-7H2,2-3H3. The van der Waals surface area contributed by atoms with E-state index >= 15 is 0 Å². The van der Waals surface area contributed by atoms with Crippen molar-refractivity contribution >= 4 is 11.5 Å². The van der Waals surface area contributed by atoms with E-state index < -0.39 is 0 Å². The normalized spacial score (nSPS) is 11.7. The average molecular weight is 244 g/mol. The largest absolute Gasteiger partial charge is 0.466 e. The lowest BCUT2D eigenvalue weighted by Crippen LogP contribution is -2.18. The molecule has 1 atom stereocenters. The van der Waals surface area contributed by atoms with Crippen LogP contribution in [0.3, 0.4) is 0 Å². The molecule has 0 aliphatic carbocycles. The van der Waals surface area contributed by atoms with Crippen LogP contribution in [0.4, 0.5) is 0 Å². The molecule has 0 aliphatic rings. The van der Waals surface area contributed by atoms with Gasteiger partial charge in [0.25, 0.3) is 0 Å². The van der Waals surface area contributed by atoms with E-state index in [1.165, 1.54) is 5.56 Å². The second-order valence-corrected chi connectivity index (χ2v) is 4.22. The van der Waals surface area contributed by atoms with Crippen molar-refractivity contribution < 1.29 is 9.53 Å². The molecule has 0 saturated carbocycles. The third kappa shape index (κ3) is 3.59. The van der Waals surface area contributed by atoms with Gasteiger partial charge in [-0.1, -0.05) is 42.5 Å². The number of carbonyl (C=O) groups excluding carboxylic acids is 1. The summed E-state index contributed by atoms with van der Waals surface area (Å²) in [6.07, 6.45) is 2.27. The van der Waals surface area contributed by atoms with Crippen LogP contribution in [-0.4, -0.2) is 12.6 Å². The summed E-state index contributed by atoms with van der Waals surface area (Å²) in [5.74, 6) is -0.576. The van der Waals surface area contributed by atoms with Gasteiger partial charge < -0.3 is 4.74 Å². The predicted octanol–water partition coefficient (Wildman–Crippen LogP) is 3.76. The summed E-state index contributed by atoms with van der Waals surface area (Å²) in [5.41, 5.74) is 2.94. The number of hydrogen-bond donors (Lipinski definition) is 0. The molecule has 0 heterocycles. The fraction of sp³-hybridized carbons (Fsp3) is 0.312. The molecule has 2 nitrogen and oxygen atoms in total. The Morgan fingerprint density at radius 2 is 2.00 bits per heavy atom. The van der Waals surface area contributed by atoms with Gasteiger partial charge in [0.2, 0.25) is 0 Å². The molecule has 1 aromatic rings. The minimum absolute atomic E-state index is 0.233. The van der Waals surface area contributed by atoms with Crippen LogP contribution in [0.15, 0.2) is 43.5 Å². The van der Waals surface area contributed by atoms with Crippen LogP contribution >= 0.6 is 0 Å². The van der Waals surface area contributed by atoms with Crippen LogP contribution in [-0.2, 0) is 9.53 Å². The molecule has 1 unspecified atom stereocenters. The fourth-order valence-electron chi connectivity index (χ4n) is 1.76. The zero-order chi connectivity index (χ0) is 13.5. The van der Waals surface area contributed by atoms with Crippen molar-refractivity contribution in [1.82, 2.24) is 0 Å². The second kappa shape index (κ2) is 6.80. The summed E-state index contributed by atoms with van der Waals surface area (Å²) in [6, 6.07) is 7.98. The number of esters is 1. The summed E-state index contributed by atoms with van der Waals surface area (Å²) in [6.45, 7) is 11.9. The van der Waals surface area contributed by atoms with Gasteiger partial charge in [-0.15, -0.1) is 6.58 Å². The van der Waals surface area contributed by atoms with E-state index in [1.54, 1.807) is 13.0 Å². The second-order valence-electron chi connectivity index (χ2n) is 4.22. The van der Waals surface area contributed by atoms with E-state index in [-0.39, 0.29) is 11.9 Å². The zero-order valence-corrected chi connectivity index (χ0v) is 11.1. The van der Waals surface area contributed by atoms with Crippen molar-refractivity contribution in [1.29, 1.82) is 0 Å². The Balaban J connectivity index is 2.91. The van der Waals surface area contributed by atoms with Crippen LogP contribution in [0.2, 0.25) is 0 Å². The number of rotatable bonds is 6. The molecule has 2 heteroatoms. The number of allylic oxidation sites excluding steroid dienone is 1. The number of aryl methyl sites for hydroxylation is 1. The van der Waals surface area contributed by atoms with Crippen molar-refractivity contribution in [3.8, 4) is 0 Å². The summed E-state index contributed by atoms with van der Waals surface area (Å²) in [5, 5.41) is 0. The van der Waals surface area contributed by atoms with Gasteiger partial charge in [-0.05, 0) is 31.4 Å². The molecule has 96 valence electrons. The Kier molecular flexibility index (Phi) is 5.37. The van der Waals surface area contributed by atoms with E-state index in [4.69, 9.17) is 4.74 Å². The highest BCUT2D eigenvalue weighted by atomic mass is 16.5. The van der Waals surface area contributed by atoms with Gasteiger partial charge in [0.15, 0.2) is 0 Å². The lowest BCUT2D eigenvalue weighted by Gasteiger charge is -2.17. The molecule has 0 aromatic heterocycles. The minimum Gasteiger partial charge on any atom is -0.466 e. The van der Waals surface area contributed by atoms with Crippen molar-refractivity contribution in [3.05, 3.63) is 54.6 Å². The van der Waals surface area contributed by atoms with E-state index in [1.807, 2.05) is 31.2 Å². The summed E-state index contributed by atoms with van der Waals surface area (Å²) < 4.78 is 5.08. The molecule has 1 aromatic carbocycles. The first-order valence-electron chi connectivity index (χ1n) is 6.13. The molecule has 0 amide bonds. The lowest BCUT2D eigenvalue weighted by atomic mass is 9.91. The first-order valence-corrected chi connectivity index (χ1v) is 6.13. The number of benzene rings is 1. The average Bonchev–Trinajstić information content (AvgIpc) is 2.36. The minimum atomic E-state index is -0.342. The predicted molar refractivity (Wildman–Crippen MR) is 75.2 cm³/mol. The molecular weight excluding hydrogens is 224 g/mol. The van der Waals surface area contributed by atoms with E-state index in [0.717, 1.165) is 11.1 Å². The van der Waals surface area contributed by atoms with Gasteiger partial charge in [-0.2, -0.15) is 0 Å². The van der Waals surface area contributed by atoms with Gasteiger partial charge in [0, 0.05) is 0 Å². The third-order valence-electron chi connectivity index (χ3n) is 2.82. The van der Waals surface area contributed by atoms with E-state index in [0.29, 0.717) is 13.0 Å². The van der Waals surface area contributed by atoms with Crippen LogP contribution in [0, 0.1) is 12.8 Å². The highest BCUT2D eigenvalue weighted by Crippen LogP contribution is 2.26. The van der Waals surface area contributed by atoms with E-state index in [9.17, 15) is 4.79 Å². The summed E-state index contributed by atoms with van der Waals surface area (Å²) >= 11 is 0. The molecule has 18 heavy (non-hydrogen) atoms. The van der Waals surface area contributed by atoms with Gasteiger partial charge in [0.1, 0.15) is 0 Å². The monoisotopic (exact) mass is 244 g/mol. The molecule has 0 aliphatic heterocycles. The highest BCUT2D eigenvalue weighted by molar-refractivity contribution is 5.88. The molecule has 0 N–H and O–H groups in total. The number of carbonyl (C=O) groups is 1. The molecule has 1 rings (SSSR count). The molecule has 0 spiro atoms. The zero-order valence-electron chi connectivity index (χ0n) is 11.1. The van der Waals surface area contributed by atoms with Crippen LogP contribution in [0.25, 0.3) is 5.57 Å². The molecule has 0 radical (unpaired) electrons. The van der Waals surface area contributed by atoms with Crippen molar-refractivity contribution in [2.75, 3.05) is 6.61 Å². The molecule has 0 saturated heterocycles. The Morgan fingerprint density at radius 3 is 2.50 bits per heavy atom. The number of hydrogen-bond acceptors (Lipinski definition) is 2. The summed E-state index contributed by atoms with van der Waals surface area (Å²) in [7, 11) is 0. The fourth-order valence-corrected chi connectivity index (χ4v) is 1.76. The maximum Gasteiger partial charge on any atom is 0.313 e.